The van der Waals surface area contributed by atoms with Gasteiger partial charge in [-0.15, -0.1) is 0 Å². The Bertz CT molecular complexity index is 411. The lowest BCUT2D eigenvalue weighted by Crippen LogP contribution is -2.38. The first-order valence-corrected chi connectivity index (χ1v) is 6.69. The van der Waals surface area contributed by atoms with E-state index in [0.29, 0.717) is 18.1 Å². The number of piperidine rings is 1. The van der Waals surface area contributed by atoms with E-state index in [1.807, 2.05) is 0 Å². The van der Waals surface area contributed by atoms with Gasteiger partial charge in [-0.25, -0.2) is 4.98 Å². The number of nitrogens with zero attached hydrogens (tertiary/aromatic N) is 2. The zero-order chi connectivity index (χ0) is 13.7. The monoisotopic (exact) mass is 263 g/mol. The van der Waals surface area contributed by atoms with Crippen LogP contribution in [0, 0.1) is 5.92 Å². The summed E-state index contributed by atoms with van der Waals surface area (Å²) in [6, 6.07) is 3.53. The first-order chi connectivity index (χ1) is 9.17. The summed E-state index contributed by atoms with van der Waals surface area (Å²) in [5.41, 5.74) is 0.705. The fraction of sp³-hybridized carbons (Fsp3) is 0.571. The molecule has 19 heavy (non-hydrogen) atoms. The molecule has 5 heteroatoms. The zero-order valence-corrected chi connectivity index (χ0v) is 11.6. The van der Waals surface area contributed by atoms with E-state index in [0.717, 1.165) is 19.0 Å². The molecule has 1 N–H and O–H groups in total. The molecular weight excluding hydrogens is 242 g/mol. The number of hydrogen-bond acceptors (Lipinski definition) is 4. The molecule has 0 radical (unpaired) electrons. The van der Waals surface area contributed by atoms with Crippen LogP contribution in [0.3, 0.4) is 0 Å². The van der Waals surface area contributed by atoms with Crippen molar-refractivity contribution in [1.29, 1.82) is 0 Å². The van der Waals surface area contributed by atoms with Crippen LogP contribution in [0.5, 0.6) is 5.88 Å². The molecule has 1 saturated heterocycles. The Morgan fingerprint density at radius 2 is 2.21 bits per heavy atom. The number of methoxy groups -OCH3 is 1. The number of anilines is 1. The highest BCUT2D eigenvalue weighted by Gasteiger charge is 2.17. The van der Waals surface area contributed by atoms with Gasteiger partial charge in [-0.05, 0) is 37.9 Å². The van der Waals surface area contributed by atoms with Crippen molar-refractivity contribution in [2.75, 3.05) is 32.1 Å². The van der Waals surface area contributed by atoms with Gasteiger partial charge in [0.05, 0.1) is 25.5 Å². The average molecular weight is 263 g/mol. The number of nitrogens with one attached hydrogen (secondary N) is 1. The fourth-order valence-electron chi connectivity index (χ4n) is 2.20. The normalized spacial score (nSPS) is 17.2. The molecule has 0 aromatic carbocycles. The van der Waals surface area contributed by atoms with Crippen molar-refractivity contribution < 1.29 is 9.53 Å². The van der Waals surface area contributed by atoms with Gasteiger partial charge < -0.3 is 10.1 Å². The lowest BCUT2D eigenvalue weighted by atomic mass is 9.99. The van der Waals surface area contributed by atoms with Crippen molar-refractivity contribution in [2.24, 2.45) is 5.92 Å². The number of amides is 1. The number of likely N-dealkylation sites (tertiary alicyclic amines) is 1. The molecule has 0 bridgehead atoms. The number of pyridine rings is 1. The van der Waals surface area contributed by atoms with Crippen LogP contribution in [0.25, 0.3) is 0 Å². The van der Waals surface area contributed by atoms with E-state index in [9.17, 15) is 4.79 Å². The Hall–Kier alpha value is -1.62. The van der Waals surface area contributed by atoms with E-state index in [2.05, 4.69) is 22.1 Å². The largest absolute Gasteiger partial charge is 0.481 e. The van der Waals surface area contributed by atoms with E-state index in [4.69, 9.17) is 4.74 Å². The van der Waals surface area contributed by atoms with E-state index in [-0.39, 0.29) is 5.91 Å². The smallest absolute Gasteiger partial charge is 0.238 e. The maximum absolute atomic E-state index is 11.9. The Labute approximate surface area is 114 Å². The minimum atomic E-state index is 0.0153. The molecule has 0 unspecified atom stereocenters. The van der Waals surface area contributed by atoms with Gasteiger partial charge >= 0.3 is 0 Å². The molecule has 0 spiro atoms. The number of rotatable bonds is 4. The van der Waals surface area contributed by atoms with Crippen LogP contribution in [-0.2, 0) is 4.79 Å². The minimum absolute atomic E-state index is 0.0153. The number of carbonyl (C=O) groups excluding carboxylic acids is 1. The second-order valence-corrected chi connectivity index (χ2v) is 5.10. The third-order valence-corrected chi connectivity index (χ3v) is 3.47. The first-order valence-electron chi connectivity index (χ1n) is 6.69. The molecule has 1 aromatic rings. The van der Waals surface area contributed by atoms with E-state index < -0.39 is 0 Å². The highest BCUT2D eigenvalue weighted by Crippen LogP contribution is 2.16. The lowest BCUT2D eigenvalue weighted by molar-refractivity contribution is -0.117. The summed E-state index contributed by atoms with van der Waals surface area (Å²) >= 11 is 0. The molecule has 1 aliphatic rings. The molecule has 0 atom stereocenters. The zero-order valence-electron chi connectivity index (χ0n) is 11.6. The van der Waals surface area contributed by atoms with Crippen molar-refractivity contribution in [2.45, 2.75) is 19.8 Å². The summed E-state index contributed by atoms with van der Waals surface area (Å²) in [4.78, 5) is 18.2. The highest BCUT2D eigenvalue weighted by atomic mass is 16.5. The van der Waals surface area contributed by atoms with Gasteiger partial charge in [-0.1, -0.05) is 6.92 Å². The highest BCUT2D eigenvalue weighted by molar-refractivity contribution is 5.92. The molecule has 2 heterocycles. The van der Waals surface area contributed by atoms with Crippen LogP contribution < -0.4 is 10.1 Å². The summed E-state index contributed by atoms with van der Waals surface area (Å²) in [5.74, 6) is 1.34. The van der Waals surface area contributed by atoms with Crippen LogP contribution in [0.15, 0.2) is 18.3 Å². The fourth-order valence-corrected chi connectivity index (χ4v) is 2.20. The van der Waals surface area contributed by atoms with E-state index in [1.54, 1.807) is 25.4 Å². The predicted octanol–water partition coefficient (Wildman–Crippen LogP) is 1.76. The molecule has 1 amide bonds. The minimum Gasteiger partial charge on any atom is -0.481 e. The van der Waals surface area contributed by atoms with Crippen LogP contribution in [0.2, 0.25) is 0 Å². The van der Waals surface area contributed by atoms with Gasteiger partial charge in [0.25, 0.3) is 0 Å². The Balaban J connectivity index is 1.80. The molecule has 104 valence electrons. The van der Waals surface area contributed by atoms with Crippen molar-refractivity contribution in [1.82, 2.24) is 9.88 Å². The first kappa shape index (κ1) is 13.8. The molecule has 1 aliphatic heterocycles. The number of ether oxygens (including phenoxy) is 1. The lowest BCUT2D eigenvalue weighted by Gasteiger charge is -2.29. The molecule has 5 nitrogen and oxygen atoms in total. The molecule has 1 fully saturated rings. The maximum Gasteiger partial charge on any atom is 0.238 e. The standard InChI is InChI=1S/C14H21N3O2/c1-11-5-7-17(8-6-11)10-13(18)16-12-3-4-14(19-2)15-9-12/h3-4,9,11H,5-8,10H2,1-2H3,(H,16,18). The Morgan fingerprint density at radius 3 is 2.79 bits per heavy atom. The summed E-state index contributed by atoms with van der Waals surface area (Å²) in [6.07, 6.45) is 3.96. The predicted molar refractivity (Wildman–Crippen MR) is 74.3 cm³/mol. The summed E-state index contributed by atoms with van der Waals surface area (Å²) in [5, 5.41) is 2.85. The average Bonchev–Trinajstić information content (AvgIpc) is 2.42. The Kier molecular flexibility index (Phi) is 4.74. The van der Waals surface area contributed by atoms with Gasteiger partial charge in [0, 0.05) is 6.07 Å². The van der Waals surface area contributed by atoms with Crippen LogP contribution >= 0.6 is 0 Å². The second-order valence-electron chi connectivity index (χ2n) is 5.10. The van der Waals surface area contributed by atoms with Crippen molar-refractivity contribution in [3.63, 3.8) is 0 Å². The van der Waals surface area contributed by atoms with E-state index in [1.165, 1.54) is 12.8 Å². The molecule has 0 aliphatic carbocycles. The molecule has 1 aromatic heterocycles. The van der Waals surface area contributed by atoms with Crippen LogP contribution in [-0.4, -0.2) is 42.5 Å². The van der Waals surface area contributed by atoms with Crippen molar-refractivity contribution in [3.8, 4) is 5.88 Å². The van der Waals surface area contributed by atoms with Gasteiger partial charge in [-0.3, -0.25) is 9.69 Å². The number of aromatic nitrogens is 1. The number of carbonyl (C=O) groups is 1. The third kappa shape index (κ3) is 4.21. The summed E-state index contributed by atoms with van der Waals surface area (Å²) < 4.78 is 4.97. The molecule has 0 saturated carbocycles. The van der Waals surface area contributed by atoms with Gasteiger partial charge in [-0.2, -0.15) is 0 Å². The van der Waals surface area contributed by atoms with E-state index >= 15 is 0 Å². The summed E-state index contributed by atoms with van der Waals surface area (Å²) in [6.45, 7) is 4.74. The maximum atomic E-state index is 11.9. The second kappa shape index (κ2) is 6.52. The van der Waals surface area contributed by atoms with Crippen molar-refractivity contribution in [3.05, 3.63) is 18.3 Å². The van der Waals surface area contributed by atoms with Gasteiger partial charge in [0.15, 0.2) is 0 Å². The SMILES string of the molecule is COc1ccc(NC(=O)CN2CCC(C)CC2)cn1. The summed E-state index contributed by atoms with van der Waals surface area (Å²) in [7, 11) is 1.57. The van der Waals surface area contributed by atoms with Gasteiger partial charge in [0.1, 0.15) is 0 Å². The van der Waals surface area contributed by atoms with Crippen molar-refractivity contribution >= 4 is 11.6 Å². The topological polar surface area (TPSA) is 54.5 Å². The number of hydrogen-bond donors (Lipinski definition) is 1. The quantitative estimate of drug-likeness (QED) is 0.899. The van der Waals surface area contributed by atoms with Gasteiger partial charge in [0.2, 0.25) is 11.8 Å². The van der Waals surface area contributed by atoms with Crippen LogP contribution in [0.1, 0.15) is 19.8 Å². The third-order valence-electron chi connectivity index (χ3n) is 3.47. The Morgan fingerprint density at radius 1 is 1.47 bits per heavy atom. The molecular formula is C14H21N3O2. The molecule has 2 rings (SSSR count). The van der Waals surface area contributed by atoms with Crippen LogP contribution in [0.4, 0.5) is 5.69 Å².